The van der Waals surface area contributed by atoms with Crippen LogP contribution in [0.25, 0.3) is 5.52 Å². The minimum absolute atomic E-state index is 0.217. The van der Waals surface area contributed by atoms with E-state index in [-0.39, 0.29) is 11.8 Å². The van der Waals surface area contributed by atoms with E-state index in [9.17, 15) is 4.79 Å². The van der Waals surface area contributed by atoms with E-state index in [2.05, 4.69) is 30.8 Å². The maximum Gasteiger partial charge on any atom is 0.237 e. The third-order valence-corrected chi connectivity index (χ3v) is 5.44. The average molecular weight is 379 g/mol. The van der Waals surface area contributed by atoms with Crippen LogP contribution in [0, 0.1) is 0 Å². The first-order valence-electron chi connectivity index (χ1n) is 7.80. The van der Waals surface area contributed by atoms with E-state index in [0.717, 1.165) is 37.3 Å². The van der Waals surface area contributed by atoms with Crippen LogP contribution in [-0.2, 0) is 4.79 Å². The van der Waals surface area contributed by atoms with Crippen LogP contribution in [-0.4, -0.2) is 62.8 Å². The number of carbonyl (C=O) groups excluding carboxylic acids is 1. The number of carbonyl (C=O) groups is 1. The summed E-state index contributed by atoms with van der Waals surface area (Å²) in [6, 6.07) is 0.332. The molecule has 4 rings (SSSR count). The standard InChI is InChI=1S/C15H19BrN6O/c1-20-7-10-3-2-9(6-22(10)11(23)8-20)15-19-13(16)12-14(17)18-4-5-21(12)15/h4-5,9-10H,2-3,6-8H2,1H3,(H2,17,18)/t9-,10+/m1/s1. The number of piperidine rings is 1. The molecule has 2 aliphatic heterocycles. The van der Waals surface area contributed by atoms with Crippen molar-refractivity contribution in [1.82, 2.24) is 24.2 Å². The van der Waals surface area contributed by atoms with Gasteiger partial charge in [-0.1, -0.05) is 0 Å². The number of nitrogens with two attached hydrogens (primary N) is 1. The number of anilines is 1. The van der Waals surface area contributed by atoms with Gasteiger partial charge in [0.05, 0.1) is 6.54 Å². The van der Waals surface area contributed by atoms with Gasteiger partial charge in [-0.3, -0.25) is 14.1 Å². The Balaban J connectivity index is 1.68. The highest BCUT2D eigenvalue weighted by atomic mass is 79.9. The third kappa shape index (κ3) is 2.40. The SMILES string of the molecule is CN1CC(=O)N2C[C@H](c3nc(Br)c4c(N)nccn34)CC[C@H]2C1. The predicted octanol–water partition coefficient (Wildman–Crippen LogP) is 1.09. The van der Waals surface area contributed by atoms with Crippen molar-refractivity contribution in [3.05, 3.63) is 22.8 Å². The van der Waals surface area contributed by atoms with Gasteiger partial charge in [0.2, 0.25) is 5.91 Å². The third-order valence-electron chi connectivity index (χ3n) is 4.89. The van der Waals surface area contributed by atoms with Crippen molar-refractivity contribution in [3.63, 3.8) is 0 Å². The van der Waals surface area contributed by atoms with Gasteiger partial charge in [-0.25, -0.2) is 9.97 Å². The molecule has 0 radical (unpaired) electrons. The summed E-state index contributed by atoms with van der Waals surface area (Å²) in [5.74, 6) is 1.85. The van der Waals surface area contributed by atoms with Crippen LogP contribution in [0.1, 0.15) is 24.6 Å². The Morgan fingerprint density at radius 3 is 3.00 bits per heavy atom. The van der Waals surface area contributed by atoms with Crippen LogP contribution in [0.3, 0.4) is 0 Å². The molecule has 8 heteroatoms. The molecule has 0 spiro atoms. The first-order chi connectivity index (χ1) is 11.0. The molecular formula is C15H19BrN6O. The number of nitrogens with zero attached hydrogens (tertiary/aromatic N) is 5. The van der Waals surface area contributed by atoms with Gasteiger partial charge in [0.15, 0.2) is 5.82 Å². The van der Waals surface area contributed by atoms with Crippen molar-refractivity contribution in [2.45, 2.75) is 24.8 Å². The minimum Gasteiger partial charge on any atom is -0.382 e. The van der Waals surface area contributed by atoms with Crippen molar-refractivity contribution in [2.24, 2.45) is 0 Å². The van der Waals surface area contributed by atoms with E-state index in [1.165, 1.54) is 0 Å². The fourth-order valence-electron chi connectivity index (χ4n) is 3.81. The molecule has 2 fully saturated rings. The summed E-state index contributed by atoms with van der Waals surface area (Å²) in [5.41, 5.74) is 6.77. The van der Waals surface area contributed by atoms with Crippen molar-refractivity contribution in [3.8, 4) is 0 Å². The molecule has 0 bridgehead atoms. The molecule has 2 aliphatic rings. The summed E-state index contributed by atoms with van der Waals surface area (Å²) >= 11 is 3.48. The van der Waals surface area contributed by atoms with Gasteiger partial charge in [0, 0.05) is 37.4 Å². The van der Waals surface area contributed by atoms with Gasteiger partial charge < -0.3 is 10.6 Å². The molecule has 1 amide bonds. The number of fused-ring (bicyclic) bond motifs is 2. The Labute approximate surface area is 142 Å². The van der Waals surface area contributed by atoms with Gasteiger partial charge >= 0.3 is 0 Å². The second-order valence-corrected chi connectivity index (χ2v) is 7.21. The quantitative estimate of drug-likeness (QED) is 0.803. The molecule has 2 aromatic rings. The molecule has 7 nitrogen and oxygen atoms in total. The van der Waals surface area contributed by atoms with E-state index < -0.39 is 0 Å². The smallest absolute Gasteiger partial charge is 0.237 e. The normalized spacial score (nSPS) is 25.8. The zero-order chi connectivity index (χ0) is 16.1. The summed E-state index contributed by atoms with van der Waals surface area (Å²) in [4.78, 5) is 25.3. The molecule has 2 atom stereocenters. The molecule has 2 N–H and O–H groups in total. The summed E-state index contributed by atoms with van der Waals surface area (Å²) in [7, 11) is 2.01. The molecule has 0 unspecified atom stereocenters. The lowest BCUT2D eigenvalue weighted by molar-refractivity contribution is -0.141. The highest BCUT2D eigenvalue weighted by Crippen LogP contribution is 2.34. The lowest BCUT2D eigenvalue weighted by atomic mass is 9.90. The zero-order valence-corrected chi connectivity index (χ0v) is 14.5. The fraction of sp³-hybridized carbons (Fsp3) is 0.533. The first-order valence-corrected chi connectivity index (χ1v) is 8.60. The first kappa shape index (κ1) is 14.9. The van der Waals surface area contributed by atoms with Gasteiger partial charge in [-0.15, -0.1) is 0 Å². The van der Waals surface area contributed by atoms with Crippen LogP contribution in [0.4, 0.5) is 5.82 Å². The number of amides is 1. The van der Waals surface area contributed by atoms with E-state index >= 15 is 0 Å². The molecule has 4 heterocycles. The van der Waals surface area contributed by atoms with Crippen LogP contribution < -0.4 is 5.73 Å². The lowest BCUT2D eigenvalue weighted by Gasteiger charge is -2.44. The number of imidazole rings is 1. The maximum absolute atomic E-state index is 12.4. The topological polar surface area (TPSA) is 79.8 Å². The number of halogens is 1. The maximum atomic E-state index is 12.4. The van der Waals surface area contributed by atoms with Crippen LogP contribution >= 0.6 is 15.9 Å². The Morgan fingerprint density at radius 2 is 2.17 bits per heavy atom. The molecule has 23 heavy (non-hydrogen) atoms. The van der Waals surface area contributed by atoms with Gasteiger partial charge in [0.25, 0.3) is 0 Å². The number of likely N-dealkylation sites (N-methyl/N-ethyl adjacent to an activating group) is 1. The number of hydrogen-bond donors (Lipinski definition) is 1. The summed E-state index contributed by atoms with van der Waals surface area (Å²) in [5, 5.41) is 0. The van der Waals surface area contributed by atoms with Crippen molar-refractivity contribution < 1.29 is 4.79 Å². The highest BCUT2D eigenvalue weighted by molar-refractivity contribution is 9.10. The summed E-state index contributed by atoms with van der Waals surface area (Å²) in [6.07, 6.45) is 5.60. The molecule has 122 valence electrons. The number of piperazine rings is 1. The number of rotatable bonds is 1. The van der Waals surface area contributed by atoms with Gasteiger partial charge in [0.1, 0.15) is 15.9 Å². The second kappa shape index (κ2) is 5.45. The van der Waals surface area contributed by atoms with Crippen LogP contribution in [0.15, 0.2) is 17.0 Å². The molecule has 0 aliphatic carbocycles. The van der Waals surface area contributed by atoms with Crippen LogP contribution in [0.5, 0.6) is 0 Å². The van der Waals surface area contributed by atoms with E-state index in [1.807, 2.05) is 22.5 Å². The van der Waals surface area contributed by atoms with E-state index in [4.69, 9.17) is 5.73 Å². The molecule has 0 saturated carbocycles. The highest BCUT2D eigenvalue weighted by Gasteiger charge is 2.37. The average Bonchev–Trinajstić information content (AvgIpc) is 2.85. The summed E-state index contributed by atoms with van der Waals surface area (Å²) in [6.45, 7) is 2.19. The molecule has 0 aromatic carbocycles. The second-order valence-electron chi connectivity index (χ2n) is 6.46. The Kier molecular flexibility index (Phi) is 3.53. The van der Waals surface area contributed by atoms with E-state index in [1.54, 1.807) is 6.20 Å². The Bertz CT molecular complexity index is 775. The number of aromatic nitrogens is 3. The van der Waals surface area contributed by atoms with Crippen LogP contribution in [0.2, 0.25) is 0 Å². The molecule has 2 aromatic heterocycles. The Hall–Kier alpha value is -1.67. The summed E-state index contributed by atoms with van der Waals surface area (Å²) < 4.78 is 2.71. The predicted molar refractivity (Wildman–Crippen MR) is 90.1 cm³/mol. The number of hydrogen-bond acceptors (Lipinski definition) is 5. The zero-order valence-electron chi connectivity index (χ0n) is 12.9. The van der Waals surface area contributed by atoms with Gasteiger partial charge in [-0.2, -0.15) is 0 Å². The molecular weight excluding hydrogens is 360 g/mol. The molecule has 2 saturated heterocycles. The fourth-order valence-corrected chi connectivity index (χ4v) is 4.39. The largest absolute Gasteiger partial charge is 0.382 e. The van der Waals surface area contributed by atoms with Gasteiger partial charge in [-0.05, 0) is 35.8 Å². The number of nitrogen functional groups attached to an aromatic ring is 1. The minimum atomic E-state index is 0.217. The Morgan fingerprint density at radius 1 is 1.35 bits per heavy atom. The van der Waals surface area contributed by atoms with Crippen molar-refractivity contribution in [1.29, 1.82) is 0 Å². The lowest BCUT2D eigenvalue weighted by Crippen LogP contribution is -2.58. The monoisotopic (exact) mass is 378 g/mol. The van der Waals surface area contributed by atoms with Crippen molar-refractivity contribution in [2.75, 3.05) is 32.4 Å². The van der Waals surface area contributed by atoms with Crippen molar-refractivity contribution >= 4 is 33.2 Å². The van der Waals surface area contributed by atoms with E-state index in [0.29, 0.717) is 23.0 Å².